The van der Waals surface area contributed by atoms with E-state index in [1.807, 2.05) is 6.20 Å². The molecule has 1 aliphatic heterocycles. The van der Waals surface area contributed by atoms with E-state index in [-0.39, 0.29) is 18.4 Å². The molecule has 3 nitrogen and oxygen atoms in total. The third-order valence-corrected chi connectivity index (χ3v) is 6.08. The van der Waals surface area contributed by atoms with Crippen LogP contribution in [0.1, 0.15) is 16.4 Å². The van der Waals surface area contributed by atoms with E-state index >= 15 is 0 Å². The predicted octanol–water partition coefficient (Wildman–Crippen LogP) is 4.22. The molecule has 3 heterocycles. The van der Waals surface area contributed by atoms with E-state index in [0.29, 0.717) is 5.92 Å². The summed E-state index contributed by atoms with van der Waals surface area (Å²) < 4.78 is 0. The van der Waals surface area contributed by atoms with Crippen molar-refractivity contribution in [3.63, 3.8) is 0 Å². The molecule has 1 aromatic carbocycles. The molecule has 1 saturated heterocycles. The number of nitrogens with two attached hydrogens (primary N) is 1. The topological polar surface area (TPSA) is 42.1 Å². The van der Waals surface area contributed by atoms with E-state index in [4.69, 9.17) is 5.73 Å². The number of thiazole rings is 1. The Morgan fingerprint density at radius 2 is 2.00 bits per heavy atom. The van der Waals surface area contributed by atoms with Crippen molar-refractivity contribution in [1.82, 2.24) is 9.88 Å². The Balaban J connectivity index is 0.00000169. The van der Waals surface area contributed by atoms with Crippen molar-refractivity contribution in [3.05, 3.63) is 63.8 Å². The summed E-state index contributed by atoms with van der Waals surface area (Å²) in [7, 11) is 0. The molecule has 0 radical (unpaired) electrons. The average Bonchev–Trinajstić information content (AvgIpc) is 3.29. The fraction of sp³-hybridized carbons (Fsp3) is 0.278. The SMILES string of the molecule is Cl.N[C@@H]1CN(Cc2cnc(-c3ccsc3)s2)C[C@H]1c1ccccc1. The number of nitrogens with zero attached hydrogens (tertiary/aromatic N) is 2. The fourth-order valence-corrected chi connectivity index (χ4v) is 4.88. The van der Waals surface area contributed by atoms with Crippen LogP contribution < -0.4 is 5.73 Å². The average molecular weight is 378 g/mol. The summed E-state index contributed by atoms with van der Waals surface area (Å²) >= 11 is 3.50. The van der Waals surface area contributed by atoms with Gasteiger partial charge in [-0.1, -0.05) is 30.3 Å². The second-order valence-electron chi connectivity index (χ2n) is 6.02. The zero-order valence-corrected chi connectivity index (χ0v) is 15.6. The Bertz CT molecular complexity index is 758. The van der Waals surface area contributed by atoms with Gasteiger partial charge in [0.2, 0.25) is 0 Å². The van der Waals surface area contributed by atoms with Crippen LogP contribution in [0.15, 0.2) is 53.4 Å². The smallest absolute Gasteiger partial charge is 0.124 e. The lowest BCUT2D eigenvalue weighted by atomic mass is 9.95. The number of likely N-dealkylation sites (tertiary alicyclic amines) is 1. The number of halogens is 1. The first kappa shape index (κ1) is 17.6. The molecular formula is C18H20ClN3S2. The van der Waals surface area contributed by atoms with Crippen LogP contribution in [-0.4, -0.2) is 29.0 Å². The van der Waals surface area contributed by atoms with E-state index in [0.717, 1.165) is 24.6 Å². The lowest BCUT2D eigenvalue weighted by molar-refractivity contribution is 0.326. The van der Waals surface area contributed by atoms with Crippen molar-refractivity contribution in [2.45, 2.75) is 18.5 Å². The molecule has 1 aliphatic rings. The number of hydrogen-bond acceptors (Lipinski definition) is 5. The lowest BCUT2D eigenvalue weighted by Crippen LogP contribution is -2.28. The second-order valence-corrected chi connectivity index (χ2v) is 7.91. The quantitative estimate of drug-likeness (QED) is 0.740. The summed E-state index contributed by atoms with van der Waals surface area (Å²) in [4.78, 5) is 8.33. The lowest BCUT2D eigenvalue weighted by Gasteiger charge is -2.15. The third kappa shape index (κ3) is 3.71. The number of aromatic nitrogens is 1. The van der Waals surface area contributed by atoms with E-state index in [9.17, 15) is 0 Å². The second kappa shape index (κ2) is 7.76. The summed E-state index contributed by atoms with van der Waals surface area (Å²) in [6.07, 6.45) is 2.01. The van der Waals surface area contributed by atoms with Crippen LogP contribution in [0.25, 0.3) is 10.6 Å². The minimum absolute atomic E-state index is 0. The van der Waals surface area contributed by atoms with Gasteiger partial charge in [-0.3, -0.25) is 4.90 Å². The van der Waals surface area contributed by atoms with Crippen LogP contribution in [0.5, 0.6) is 0 Å². The number of benzene rings is 1. The molecule has 0 saturated carbocycles. The van der Waals surface area contributed by atoms with Gasteiger partial charge in [-0.2, -0.15) is 11.3 Å². The van der Waals surface area contributed by atoms with Crippen molar-refractivity contribution in [2.24, 2.45) is 5.73 Å². The zero-order valence-electron chi connectivity index (χ0n) is 13.2. The summed E-state index contributed by atoms with van der Waals surface area (Å²) in [6.45, 7) is 2.92. The van der Waals surface area contributed by atoms with Crippen LogP contribution in [0.4, 0.5) is 0 Å². The molecule has 24 heavy (non-hydrogen) atoms. The first-order valence-corrected chi connectivity index (χ1v) is 9.55. The van der Waals surface area contributed by atoms with Crippen molar-refractivity contribution in [2.75, 3.05) is 13.1 Å². The van der Waals surface area contributed by atoms with Gasteiger partial charge < -0.3 is 5.73 Å². The summed E-state index contributed by atoms with van der Waals surface area (Å²) in [5.41, 5.74) is 8.97. The van der Waals surface area contributed by atoms with Crippen LogP contribution in [0, 0.1) is 0 Å². The Labute approximate surface area is 156 Å². The van der Waals surface area contributed by atoms with Gasteiger partial charge in [0.25, 0.3) is 0 Å². The summed E-state index contributed by atoms with van der Waals surface area (Å²) in [5.74, 6) is 0.431. The van der Waals surface area contributed by atoms with Crippen LogP contribution in [0.3, 0.4) is 0 Å². The maximum absolute atomic E-state index is 6.38. The van der Waals surface area contributed by atoms with E-state index in [1.54, 1.807) is 22.7 Å². The molecule has 4 rings (SSSR count). The molecule has 2 atom stereocenters. The van der Waals surface area contributed by atoms with Gasteiger partial charge in [0.15, 0.2) is 0 Å². The minimum Gasteiger partial charge on any atom is -0.326 e. The molecule has 6 heteroatoms. The van der Waals surface area contributed by atoms with Gasteiger partial charge >= 0.3 is 0 Å². The highest BCUT2D eigenvalue weighted by molar-refractivity contribution is 7.15. The van der Waals surface area contributed by atoms with Gasteiger partial charge in [-0.05, 0) is 17.0 Å². The van der Waals surface area contributed by atoms with Crippen molar-refractivity contribution in [3.8, 4) is 10.6 Å². The molecule has 0 unspecified atom stereocenters. The molecule has 126 valence electrons. The van der Waals surface area contributed by atoms with Gasteiger partial charge in [0, 0.05) is 53.6 Å². The minimum atomic E-state index is 0. The van der Waals surface area contributed by atoms with Crippen LogP contribution >= 0.6 is 35.1 Å². The van der Waals surface area contributed by atoms with E-state index in [1.165, 1.54) is 16.0 Å². The monoisotopic (exact) mass is 377 g/mol. The van der Waals surface area contributed by atoms with Gasteiger partial charge in [-0.25, -0.2) is 4.98 Å². The Hall–Kier alpha value is -1.24. The molecule has 0 bridgehead atoms. The van der Waals surface area contributed by atoms with E-state index < -0.39 is 0 Å². The van der Waals surface area contributed by atoms with Gasteiger partial charge in [-0.15, -0.1) is 23.7 Å². The first-order valence-electron chi connectivity index (χ1n) is 7.80. The normalized spacial score (nSPS) is 20.9. The molecule has 0 spiro atoms. The van der Waals surface area contributed by atoms with Gasteiger partial charge in [0.1, 0.15) is 5.01 Å². The molecule has 1 fully saturated rings. The molecule has 2 aromatic heterocycles. The highest BCUT2D eigenvalue weighted by atomic mass is 35.5. The Kier molecular flexibility index (Phi) is 5.69. The maximum atomic E-state index is 6.38. The van der Waals surface area contributed by atoms with E-state index in [2.05, 4.69) is 57.0 Å². The molecule has 0 aliphatic carbocycles. The van der Waals surface area contributed by atoms with Crippen molar-refractivity contribution >= 4 is 35.1 Å². The number of thiophene rings is 1. The van der Waals surface area contributed by atoms with Crippen LogP contribution in [0.2, 0.25) is 0 Å². The Morgan fingerprint density at radius 1 is 1.17 bits per heavy atom. The molecule has 0 amide bonds. The largest absolute Gasteiger partial charge is 0.326 e. The summed E-state index contributed by atoms with van der Waals surface area (Å²) in [5, 5.41) is 5.37. The fourth-order valence-electron chi connectivity index (χ4n) is 3.22. The standard InChI is InChI=1S/C18H19N3S2.ClH/c19-17-11-21(10-16(17)13-4-2-1-3-5-13)9-15-8-20-18(23-15)14-6-7-22-12-14;/h1-8,12,16-17H,9-11,19H2;1H/t16-,17+;/m0./s1. The molecular weight excluding hydrogens is 358 g/mol. The van der Waals surface area contributed by atoms with Crippen LogP contribution in [-0.2, 0) is 6.54 Å². The Morgan fingerprint density at radius 3 is 2.75 bits per heavy atom. The number of hydrogen-bond donors (Lipinski definition) is 1. The van der Waals surface area contributed by atoms with Gasteiger partial charge in [0.05, 0.1) is 0 Å². The highest BCUT2D eigenvalue weighted by Crippen LogP contribution is 2.31. The molecule has 2 N–H and O–H groups in total. The third-order valence-electron chi connectivity index (χ3n) is 4.37. The maximum Gasteiger partial charge on any atom is 0.124 e. The number of rotatable bonds is 4. The first-order chi connectivity index (χ1) is 11.3. The van der Waals surface area contributed by atoms with Crippen molar-refractivity contribution in [1.29, 1.82) is 0 Å². The predicted molar refractivity (Wildman–Crippen MR) is 105 cm³/mol. The van der Waals surface area contributed by atoms with Crippen molar-refractivity contribution < 1.29 is 0 Å². The molecule has 3 aromatic rings. The zero-order chi connectivity index (χ0) is 15.6. The highest BCUT2D eigenvalue weighted by Gasteiger charge is 2.31. The summed E-state index contributed by atoms with van der Waals surface area (Å²) in [6, 6.07) is 13.0.